The molecule has 0 aromatic heterocycles. The van der Waals surface area contributed by atoms with Gasteiger partial charge in [-0.1, -0.05) is 11.6 Å². The van der Waals surface area contributed by atoms with E-state index in [4.69, 9.17) is 11.6 Å². The zero-order valence-electron chi connectivity index (χ0n) is 14.7. The first-order valence-electron chi connectivity index (χ1n) is 8.14. The Balaban J connectivity index is 1.80. The number of amides is 1. The van der Waals surface area contributed by atoms with Gasteiger partial charge in [0.25, 0.3) is 0 Å². The van der Waals surface area contributed by atoms with E-state index in [-0.39, 0.29) is 12.2 Å². The summed E-state index contributed by atoms with van der Waals surface area (Å²) in [5.74, 6) is -0.0913. The van der Waals surface area contributed by atoms with Crippen LogP contribution in [-0.2, 0) is 14.8 Å². The molecule has 0 spiro atoms. The van der Waals surface area contributed by atoms with Crippen molar-refractivity contribution in [2.75, 3.05) is 29.4 Å². The standard InChI is InChI=1S/C18H20ClFN2O3S2/c1-27(24,25)22(16-7-5-15(20)6-8-16)13-18(23)21-11-2-12-26-17-9-3-14(19)4-10-17/h3-10H,2,11-13H2,1H3,(H,21,23). The quantitative estimate of drug-likeness (QED) is 0.488. The van der Waals surface area contributed by atoms with Crippen molar-refractivity contribution < 1.29 is 17.6 Å². The number of nitrogens with one attached hydrogen (secondary N) is 1. The fourth-order valence-corrected chi connectivity index (χ4v) is 4.05. The van der Waals surface area contributed by atoms with Gasteiger partial charge in [0.05, 0.1) is 11.9 Å². The molecular formula is C18H20ClFN2O3S2. The predicted molar refractivity (Wildman–Crippen MR) is 108 cm³/mol. The predicted octanol–water partition coefficient (Wildman–Crippen LogP) is 3.54. The molecule has 0 aliphatic carbocycles. The van der Waals surface area contributed by atoms with E-state index in [0.717, 1.165) is 39.8 Å². The number of benzene rings is 2. The third-order valence-corrected chi connectivity index (χ3v) is 6.02. The van der Waals surface area contributed by atoms with Crippen molar-refractivity contribution in [3.05, 3.63) is 59.4 Å². The van der Waals surface area contributed by atoms with Crippen LogP contribution in [0.2, 0.25) is 5.02 Å². The third kappa shape index (κ3) is 7.40. The molecule has 0 aliphatic heterocycles. The van der Waals surface area contributed by atoms with Gasteiger partial charge in [0.2, 0.25) is 15.9 Å². The smallest absolute Gasteiger partial charge is 0.240 e. The van der Waals surface area contributed by atoms with Gasteiger partial charge in [0.1, 0.15) is 12.4 Å². The molecule has 9 heteroatoms. The Hall–Kier alpha value is -1.77. The minimum absolute atomic E-state index is 0.243. The van der Waals surface area contributed by atoms with E-state index >= 15 is 0 Å². The molecular weight excluding hydrogens is 411 g/mol. The lowest BCUT2D eigenvalue weighted by Gasteiger charge is -2.21. The Morgan fingerprint density at radius 3 is 2.37 bits per heavy atom. The van der Waals surface area contributed by atoms with Crippen LogP contribution in [-0.4, -0.2) is 39.4 Å². The highest BCUT2D eigenvalue weighted by atomic mass is 35.5. The molecule has 5 nitrogen and oxygen atoms in total. The van der Waals surface area contributed by atoms with E-state index in [1.54, 1.807) is 11.8 Å². The van der Waals surface area contributed by atoms with Crippen molar-refractivity contribution in [1.82, 2.24) is 5.32 Å². The van der Waals surface area contributed by atoms with Gasteiger partial charge in [-0.3, -0.25) is 9.10 Å². The first-order chi connectivity index (χ1) is 12.8. The topological polar surface area (TPSA) is 66.5 Å². The molecule has 146 valence electrons. The van der Waals surface area contributed by atoms with E-state index in [1.807, 2.05) is 24.3 Å². The largest absolute Gasteiger partial charge is 0.354 e. The molecule has 0 bridgehead atoms. The van der Waals surface area contributed by atoms with Crippen molar-refractivity contribution >= 4 is 45.0 Å². The molecule has 0 saturated carbocycles. The van der Waals surface area contributed by atoms with Crippen molar-refractivity contribution in [2.24, 2.45) is 0 Å². The Morgan fingerprint density at radius 2 is 1.78 bits per heavy atom. The summed E-state index contributed by atoms with van der Waals surface area (Å²) in [6.07, 6.45) is 1.74. The maximum absolute atomic E-state index is 13.0. The summed E-state index contributed by atoms with van der Waals surface area (Å²) < 4.78 is 37.9. The summed E-state index contributed by atoms with van der Waals surface area (Å²) in [7, 11) is -3.67. The second-order valence-electron chi connectivity index (χ2n) is 5.75. The van der Waals surface area contributed by atoms with Crippen molar-refractivity contribution in [2.45, 2.75) is 11.3 Å². The number of hydrogen-bond acceptors (Lipinski definition) is 4. The zero-order chi connectivity index (χ0) is 19.9. The average molecular weight is 431 g/mol. The van der Waals surface area contributed by atoms with Crippen LogP contribution in [0.1, 0.15) is 6.42 Å². The number of anilines is 1. The Bertz CT molecular complexity index is 859. The summed E-state index contributed by atoms with van der Waals surface area (Å²) in [5, 5.41) is 3.39. The molecule has 0 heterocycles. The lowest BCUT2D eigenvalue weighted by Crippen LogP contribution is -2.40. The van der Waals surface area contributed by atoms with Crippen molar-refractivity contribution in [3.63, 3.8) is 0 Å². The zero-order valence-corrected chi connectivity index (χ0v) is 17.1. The van der Waals surface area contributed by atoms with Gasteiger partial charge in [-0.2, -0.15) is 0 Å². The minimum Gasteiger partial charge on any atom is -0.354 e. The monoisotopic (exact) mass is 430 g/mol. The highest BCUT2D eigenvalue weighted by Crippen LogP contribution is 2.21. The summed E-state index contributed by atoms with van der Waals surface area (Å²) >= 11 is 7.48. The minimum atomic E-state index is -3.67. The van der Waals surface area contributed by atoms with E-state index in [2.05, 4.69) is 5.32 Å². The molecule has 0 fully saturated rings. The van der Waals surface area contributed by atoms with Gasteiger partial charge in [0, 0.05) is 16.5 Å². The highest BCUT2D eigenvalue weighted by Gasteiger charge is 2.20. The molecule has 0 saturated heterocycles. The van der Waals surface area contributed by atoms with Gasteiger partial charge in [0.15, 0.2) is 0 Å². The van der Waals surface area contributed by atoms with Crippen LogP contribution < -0.4 is 9.62 Å². The summed E-state index contributed by atoms with van der Waals surface area (Å²) in [6, 6.07) is 12.5. The van der Waals surface area contributed by atoms with Crippen molar-refractivity contribution in [1.29, 1.82) is 0 Å². The fraction of sp³-hybridized carbons (Fsp3) is 0.278. The van der Waals surface area contributed by atoms with Gasteiger partial charge in [-0.25, -0.2) is 12.8 Å². The van der Waals surface area contributed by atoms with Crippen LogP contribution >= 0.6 is 23.4 Å². The third-order valence-electron chi connectivity index (χ3n) is 3.53. The number of carbonyl (C=O) groups excluding carboxylic acids is 1. The van der Waals surface area contributed by atoms with Crippen LogP contribution in [0, 0.1) is 5.82 Å². The Kier molecular flexibility index (Phi) is 7.94. The molecule has 2 aromatic rings. The van der Waals surface area contributed by atoms with Crippen LogP contribution in [0.4, 0.5) is 10.1 Å². The summed E-state index contributed by atoms with van der Waals surface area (Å²) in [6.45, 7) is 0.0786. The first kappa shape index (κ1) is 21.5. The highest BCUT2D eigenvalue weighted by molar-refractivity contribution is 7.99. The molecule has 1 amide bonds. The lowest BCUT2D eigenvalue weighted by atomic mass is 10.3. The van der Waals surface area contributed by atoms with Gasteiger partial charge in [-0.15, -0.1) is 11.8 Å². The molecule has 2 rings (SSSR count). The number of halogens is 2. The maximum Gasteiger partial charge on any atom is 0.240 e. The molecule has 0 unspecified atom stereocenters. The Morgan fingerprint density at radius 1 is 1.15 bits per heavy atom. The number of thioether (sulfide) groups is 1. The number of carbonyl (C=O) groups is 1. The second-order valence-corrected chi connectivity index (χ2v) is 9.26. The normalized spacial score (nSPS) is 11.2. The molecule has 0 atom stereocenters. The maximum atomic E-state index is 13.0. The number of nitrogens with zero attached hydrogens (tertiary/aromatic N) is 1. The van der Waals surface area contributed by atoms with Gasteiger partial charge in [-0.05, 0) is 60.7 Å². The fourth-order valence-electron chi connectivity index (χ4n) is 2.21. The average Bonchev–Trinajstić information content (AvgIpc) is 2.61. The van der Waals surface area contributed by atoms with E-state index in [1.165, 1.54) is 12.1 Å². The van der Waals surface area contributed by atoms with Crippen molar-refractivity contribution in [3.8, 4) is 0 Å². The lowest BCUT2D eigenvalue weighted by molar-refractivity contribution is -0.119. The van der Waals surface area contributed by atoms with Crippen LogP contribution in [0.5, 0.6) is 0 Å². The number of hydrogen-bond donors (Lipinski definition) is 1. The molecule has 0 aliphatic rings. The second kappa shape index (κ2) is 9.96. The molecule has 1 N–H and O–H groups in total. The van der Waals surface area contributed by atoms with E-state index < -0.39 is 21.7 Å². The molecule has 2 aromatic carbocycles. The van der Waals surface area contributed by atoms with E-state index in [0.29, 0.717) is 11.6 Å². The van der Waals surface area contributed by atoms with Gasteiger partial charge >= 0.3 is 0 Å². The Labute approximate surface area is 168 Å². The van der Waals surface area contributed by atoms with Crippen LogP contribution in [0.3, 0.4) is 0 Å². The number of rotatable bonds is 9. The number of sulfonamides is 1. The summed E-state index contributed by atoms with van der Waals surface area (Å²) in [5.41, 5.74) is 0.243. The van der Waals surface area contributed by atoms with Crippen LogP contribution in [0.15, 0.2) is 53.4 Å². The van der Waals surface area contributed by atoms with Gasteiger partial charge < -0.3 is 5.32 Å². The van der Waals surface area contributed by atoms with Crippen LogP contribution in [0.25, 0.3) is 0 Å². The molecule has 27 heavy (non-hydrogen) atoms. The SMILES string of the molecule is CS(=O)(=O)N(CC(=O)NCCCSc1ccc(Cl)cc1)c1ccc(F)cc1. The molecule has 0 radical (unpaired) electrons. The first-order valence-corrected chi connectivity index (χ1v) is 11.4. The van der Waals surface area contributed by atoms with E-state index in [9.17, 15) is 17.6 Å². The summed E-state index contributed by atoms with van der Waals surface area (Å²) in [4.78, 5) is 13.2.